The lowest BCUT2D eigenvalue weighted by Crippen LogP contribution is -2.10. The maximum Gasteiger partial charge on any atom is 0.129 e. The fourth-order valence-electron chi connectivity index (χ4n) is 1.57. The van der Waals surface area contributed by atoms with E-state index in [1.807, 2.05) is 36.6 Å². The summed E-state index contributed by atoms with van der Waals surface area (Å²) in [5, 5.41) is 2.70. The van der Waals surface area contributed by atoms with E-state index in [4.69, 9.17) is 22.1 Å². The molecule has 0 amide bonds. The highest BCUT2D eigenvalue weighted by atomic mass is 35.5. The molecule has 0 aliphatic heterocycles. The molecule has 2 N–H and O–H groups in total. The molecule has 0 aliphatic rings. The molecule has 1 heterocycles. The van der Waals surface area contributed by atoms with Gasteiger partial charge in [-0.15, -0.1) is 11.3 Å². The maximum absolute atomic E-state index is 6.20. The van der Waals surface area contributed by atoms with Gasteiger partial charge in [0.15, 0.2) is 0 Å². The van der Waals surface area contributed by atoms with Crippen molar-refractivity contribution in [2.75, 3.05) is 7.11 Å². The summed E-state index contributed by atoms with van der Waals surface area (Å²) >= 11 is 7.70. The zero-order valence-electron chi connectivity index (χ0n) is 9.74. The van der Waals surface area contributed by atoms with Crippen molar-refractivity contribution in [1.29, 1.82) is 0 Å². The molecule has 2 aromatic rings. The van der Waals surface area contributed by atoms with Crippen molar-refractivity contribution in [3.05, 3.63) is 50.7 Å². The number of methoxy groups -OCH3 is 1. The second-order valence-corrected chi connectivity index (χ2v) is 5.23. The molecule has 17 heavy (non-hydrogen) atoms. The molecular formula is C13H14ClNOS. The molecule has 1 unspecified atom stereocenters. The van der Waals surface area contributed by atoms with Gasteiger partial charge in [-0.25, -0.2) is 0 Å². The summed E-state index contributed by atoms with van der Waals surface area (Å²) in [6, 6.07) is 7.74. The highest BCUT2D eigenvalue weighted by molar-refractivity contribution is 7.10. The zero-order valence-corrected chi connectivity index (χ0v) is 11.3. The molecule has 0 bridgehead atoms. The third-order valence-corrected chi connectivity index (χ3v) is 4.09. The van der Waals surface area contributed by atoms with Crippen LogP contribution in [0.4, 0.5) is 0 Å². The van der Waals surface area contributed by atoms with Gasteiger partial charge in [-0.2, -0.15) is 0 Å². The number of hydrogen-bond acceptors (Lipinski definition) is 3. The zero-order chi connectivity index (χ0) is 12.4. The van der Waals surface area contributed by atoms with E-state index in [0.29, 0.717) is 0 Å². The summed E-state index contributed by atoms with van der Waals surface area (Å²) in [5.74, 6) is 0.846. The van der Waals surface area contributed by atoms with Crippen molar-refractivity contribution in [2.45, 2.75) is 13.0 Å². The van der Waals surface area contributed by atoms with E-state index in [-0.39, 0.29) is 6.04 Å². The molecule has 1 aromatic heterocycles. The lowest BCUT2D eigenvalue weighted by Gasteiger charge is -2.11. The number of ether oxygens (including phenoxy) is 1. The third-order valence-electron chi connectivity index (χ3n) is 2.69. The number of rotatable bonds is 3. The molecule has 90 valence electrons. The normalized spacial score (nSPS) is 12.5. The van der Waals surface area contributed by atoms with E-state index in [1.54, 1.807) is 18.4 Å². The van der Waals surface area contributed by atoms with Crippen LogP contribution in [0.2, 0.25) is 5.02 Å². The molecule has 0 saturated heterocycles. The second-order valence-electron chi connectivity index (χ2n) is 3.88. The smallest absolute Gasteiger partial charge is 0.129 e. The number of aryl methyl sites for hydroxylation is 1. The third kappa shape index (κ3) is 2.63. The van der Waals surface area contributed by atoms with Crippen LogP contribution < -0.4 is 10.5 Å². The van der Waals surface area contributed by atoms with Gasteiger partial charge in [0.2, 0.25) is 0 Å². The minimum atomic E-state index is -0.151. The Morgan fingerprint density at radius 2 is 2.12 bits per heavy atom. The van der Waals surface area contributed by atoms with Crippen molar-refractivity contribution in [3.8, 4) is 5.75 Å². The van der Waals surface area contributed by atoms with Gasteiger partial charge in [0, 0.05) is 15.3 Å². The number of hydrogen-bond donors (Lipinski definition) is 1. The summed E-state index contributed by atoms with van der Waals surface area (Å²) in [6.45, 7) is 1.98. The van der Waals surface area contributed by atoms with Crippen molar-refractivity contribution in [3.63, 3.8) is 0 Å². The predicted octanol–water partition coefficient (Wildman–Crippen LogP) is 3.77. The van der Waals surface area contributed by atoms with E-state index in [9.17, 15) is 0 Å². The van der Waals surface area contributed by atoms with Gasteiger partial charge in [0.25, 0.3) is 0 Å². The number of benzene rings is 1. The Morgan fingerprint density at radius 3 is 2.71 bits per heavy atom. The topological polar surface area (TPSA) is 35.2 Å². The molecule has 1 atom stereocenters. The fraction of sp³-hybridized carbons (Fsp3) is 0.231. The van der Waals surface area contributed by atoms with E-state index < -0.39 is 0 Å². The van der Waals surface area contributed by atoms with Crippen LogP contribution in [0.1, 0.15) is 22.0 Å². The number of nitrogens with two attached hydrogens (primary N) is 1. The van der Waals surface area contributed by atoms with Gasteiger partial charge in [0.1, 0.15) is 5.75 Å². The molecule has 2 nitrogen and oxygen atoms in total. The largest absolute Gasteiger partial charge is 0.496 e. The first-order valence-corrected chi connectivity index (χ1v) is 6.51. The van der Waals surface area contributed by atoms with E-state index >= 15 is 0 Å². The Morgan fingerprint density at radius 1 is 1.35 bits per heavy atom. The van der Waals surface area contributed by atoms with Gasteiger partial charge >= 0.3 is 0 Å². The van der Waals surface area contributed by atoms with Crippen LogP contribution in [0.5, 0.6) is 5.75 Å². The molecule has 0 saturated carbocycles. The maximum atomic E-state index is 6.20. The van der Waals surface area contributed by atoms with Gasteiger partial charge in [-0.1, -0.05) is 23.7 Å². The van der Waals surface area contributed by atoms with Crippen LogP contribution in [-0.4, -0.2) is 7.11 Å². The molecule has 4 heteroatoms. The van der Waals surface area contributed by atoms with Gasteiger partial charge < -0.3 is 10.5 Å². The first-order valence-electron chi connectivity index (χ1n) is 5.26. The Bertz CT molecular complexity index is 524. The second kappa shape index (κ2) is 5.08. The molecule has 0 fully saturated rings. The molecule has 0 spiro atoms. The lowest BCUT2D eigenvalue weighted by atomic mass is 10.0. The van der Waals surface area contributed by atoms with Crippen LogP contribution in [0.3, 0.4) is 0 Å². The minimum absolute atomic E-state index is 0.151. The molecule has 0 aliphatic carbocycles. The van der Waals surface area contributed by atoms with Crippen molar-refractivity contribution >= 4 is 22.9 Å². The Hall–Kier alpha value is -1.03. The van der Waals surface area contributed by atoms with Crippen LogP contribution in [0.25, 0.3) is 0 Å². The summed E-state index contributed by atoms with van der Waals surface area (Å²) in [4.78, 5) is 1.07. The average molecular weight is 268 g/mol. The van der Waals surface area contributed by atoms with Crippen molar-refractivity contribution in [2.24, 2.45) is 5.73 Å². The number of thiophene rings is 1. The van der Waals surface area contributed by atoms with Gasteiger partial charge in [0.05, 0.1) is 13.2 Å². The van der Waals surface area contributed by atoms with E-state index in [0.717, 1.165) is 26.8 Å². The number of halogens is 1. The summed E-state index contributed by atoms with van der Waals surface area (Å²) in [6.07, 6.45) is 0. The van der Waals surface area contributed by atoms with Gasteiger partial charge in [-0.3, -0.25) is 0 Å². The molecule has 1 aromatic carbocycles. The Kier molecular flexibility index (Phi) is 3.72. The van der Waals surface area contributed by atoms with Crippen LogP contribution in [-0.2, 0) is 0 Å². The van der Waals surface area contributed by atoms with Crippen LogP contribution >= 0.6 is 22.9 Å². The highest BCUT2D eigenvalue weighted by Crippen LogP contribution is 2.30. The van der Waals surface area contributed by atoms with E-state index in [2.05, 4.69) is 0 Å². The predicted molar refractivity (Wildman–Crippen MR) is 73.1 cm³/mol. The van der Waals surface area contributed by atoms with Crippen molar-refractivity contribution in [1.82, 2.24) is 0 Å². The monoisotopic (exact) mass is 267 g/mol. The molecular weight excluding hydrogens is 254 g/mol. The van der Waals surface area contributed by atoms with E-state index in [1.165, 1.54) is 0 Å². The first-order chi connectivity index (χ1) is 8.11. The van der Waals surface area contributed by atoms with Gasteiger partial charge in [-0.05, 0) is 30.2 Å². The average Bonchev–Trinajstić information content (AvgIpc) is 2.80. The highest BCUT2D eigenvalue weighted by Gasteiger charge is 2.12. The van der Waals surface area contributed by atoms with Crippen molar-refractivity contribution < 1.29 is 4.74 Å². The first kappa shape index (κ1) is 12.4. The summed E-state index contributed by atoms with van der Waals surface area (Å²) in [5.41, 5.74) is 8.28. The molecule has 0 radical (unpaired) electrons. The molecule has 2 rings (SSSR count). The Balaban J connectivity index is 2.29. The fourth-order valence-corrected chi connectivity index (χ4v) is 2.64. The minimum Gasteiger partial charge on any atom is -0.496 e. The SMILES string of the molecule is COc1csc(C(N)c2ccc(C)c(Cl)c2)c1. The summed E-state index contributed by atoms with van der Waals surface area (Å²) in [7, 11) is 1.65. The Labute approximate surface area is 110 Å². The quantitative estimate of drug-likeness (QED) is 0.919. The van der Waals surface area contributed by atoms with Crippen LogP contribution in [0.15, 0.2) is 29.6 Å². The standard InChI is InChI=1S/C13H14ClNOS/c1-8-3-4-9(5-11(8)14)13(15)12-6-10(16-2)7-17-12/h3-7,13H,15H2,1-2H3. The summed E-state index contributed by atoms with van der Waals surface area (Å²) < 4.78 is 5.15. The van der Waals surface area contributed by atoms with Crippen LogP contribution in [0, 0.1) is 6.92 Å². The lowest BCUT2D eigenvalue weighted by molar-refractivity contribution is 0.416.